The average Bonchev–Trinajstić information content (AvgIpc) is 2.89. The van der Waals surface area contributed by atoms with Gasteiger partial charge >= 0.3 is 6.09 Å². The Labute approximate surface area is 111 Å². The highest BCUT2D eigenvalue weighted by molar-refractivity contribution is 5.81. The van der Waals surface area contributed by atoms with Gasteiger partial charge in [0.15, 0.2) is 0 Å². The first-order valence-electron chi connectivity index (χ1n) is 6.10. The molecular formula is C12H18N4O3. The van der Waals surface area contributed by atoms with Crippen LogP contribution in [-0.4, -0.2) is 52.3 Å². The number of imidazole rings is 1. The number of hydrogen-bond acceptors (Lipinski definition) is 5. The van der Waals surface area contributed by atoms with E-state index in [2.05, 4.69) is 15.0 Å². The molecule has 0 spiro atoms. The molecule has 7 heteroatoms. The normalized spacial score (nSPS) is 18.4. The molecule has 0 radical (unpaired) electrons. The van der Waals surface area contributed by atoms with E-state index < -0.39 is 6.09 Å². The van der Waals surface area contributed by atoms with Gasteiger partial charge in [-0.2, -0.15) is 0 Å². The number of hydrogen-bond donors (Lipinski definition) is 1. The molecule has 2 heterocycles. The Hall–Kier alpha value is -1.89. The van der Waals surface area contributed by atoms with Crippen LogP contribution in [0.1, 0.15) is 19.7 Å². The molecule has 19 heavy (non-hydrogen) atoms. The van der Waals surface area contributed by atoms with Gasteiger partial charge in [0.05, 0.1) is 19.3 Å². The molecule has 0 atom stereocenters. The van der Waals surface area contributed by atoms with Gasteiger partial charge in [0.25, 0.3) is 0 Å². The summed E-state index contributed by atoms with van der Waals surface area (Å²) in [6.07, 6.45) is 3.24. The summed E-state index contributed by atoms with van der Waals surface area (Å²) in [5.41, 5.74) is -0.361. The van der Waals surface area contributed by atoms with Crippen LogP contribution in [0.2, 0.25) is 0 Å². The van der Waals surface area contributed by atoms with Crippen LogP contribution >= 0.6 is 0 Å². The minimum Gasteiger partial charge on any atom is -0.452 e. The highest BCUT2D eigenvalue weighted by atomic mass is 16.5. The molecule has 2 rings (SSSR count). The molecule has 0 bridgehead atoms. The summed E-state index contributed by atoms with van der Waals surface area (Å²) in [5.74, 6) is 0.642. The molecule has 0 aromatic carbocycles. The number of rotatable bonds is 3. The van der Waals surface area contributed by atoms with Crippen LogP contribution < -0.4 is 5.32 Å². The van der Waals surface area contributed by atoms with Crippen LogP contribution in [0.15, 0.2) is 12.4 Å². The first kappa shape index (κ1) is 13.5. The monoisotopic (exact) mass is 266 g/mol. The van der Waals surface area contributed by atoms with Crippen molar-refractivity contribution in [3.8, 4) is 0 Å². The molecule has 1 amide bonds. The maximum absolute atomic E-state index is 11.5. The van der Waals surface area contributed by atoms with Crippen molar-refractivity contribution < 1.29 is 14.3 Å². The second-order valence-corrected chi connectivity index (χ2v) is 4.96. The van der Waals surface area contributed by atoms with E-state index in [0.717, 1.165) is 0 Å². The molecule has 1 aromatic rings. The lowest BCUT2D eigenvalue weighted by Crippen LogP contribution is -2.47. The molecule has 0 unspecified atom stereocenters. The van der Waals surface area contributed by atoms with Gasteiger partial charge in [-0.3, -0.25) is 9.69 Å². The van der Waals surface area contributed by atoms with Gasteiger partial charge in [0, 0.05) is 25.4 Å². The van der Waals surface area contributed by atoms with E-state index in [1.54, 1.807) is 12.4 Å². The van der Waals surface area contributed by atoms with E-state index in [0.29, 0.717) is 25.3 Å². The number of nitrogens with one attached hydrogen (secondary N) is 1. The Morgan fingerprint density at radius 3 is 2.89 bits per heavy atom. The lowest BCUT2D eigenvalue weighted by molar-refractivity contribution is -0.118. The van der Waals surface area contributed by atoms with Gasteiger partial charge in [-0.1, -0.05) is 0 Å². The maximum atomic E-state index is 11.5. The molecule has 7 nitrogen and oxygen atoms in total. The largest absolute Gasteiger partial charge is 0.452 e. The Balaban J connectivity index is 2.02. The molecule has 0 saturated carbocycles. The zero-order valence-corrected chi connectivity index (χ0v) is 11.3. The van der Waals surface area contributed by atoms with Crippen molar-refractivity contribution in [2.24, 2.45) is 0 Å². The summed E-state index contributed by atoms with van der Waals surface area (Å²) in [6, 6.07) is 0. The van der Waals surface area contributed by atoms with E-state index >= 15 is 0 Å². The second kappa shape index (κ2) is 5.00. The van der Waals surface area contributed by atoms with Gasteiger partial charge in [0.1, 0.15) is 5.82 Å². The third-order valence-corrected chi connectivity index (χ3v) is 3.26. The summed E-state index contributed by atoms with van der Waals surface area (Å²) in [7, 11) is 1.33. The van der Waals surface area contributed by atoms with Crippen molar-refractivity contribution in [3.05, 3.63) is 18.2 Å². The zero-order chi connectivity index (χ0) is 14.0. The van der Waals surface area contributed by atoms with E-state index in [1.165, 1.54) is 11.7 Å². The lowest BCUT2D eigenvalue weighted by Gasteiger charge is -2.29. The van der Waals surface area contributed by atoms with Crippen molar-refractivity contribution in [1.82, 2.24) is 19.8 Å². The SMILES string of the molecule is COC(=O)n1ccnc1CCN1CC(=O)NC1(C)C. The van der Waals surface area contributed by atoms with Crippen LogP contribution in [0.4, 0.5) is 4.79 Å². The number of nitrogens with zero attached hydrogens (tertiary/aromatic N) is 3. The van der Waals surface area contributed by atoms with Crippen molar-refractivity contribution in [1.29, 1.82) is 0 Å². The van der Waals surface area contributed by atoms with Gasteiger partial charge in [-0.15, -0.1) is 0 Å². The Bertz CT molecular complexity index is 495. The first-order valence-corrected chi connectivity index (χ1v) is 6.10. The smallest absolute Gasteiger partial charge is 0.419 e. The Morgan fingerprint density at radius 1 is 1.58 bits per heavy atom. The molecule has 1 N–H and O–H groups in total. The van der Waals surface area contributed by atoms with Crippen LogP contribution in [-0.2, 0) is 16.0 Å². The number of carbonyl (C=O) groups is 2. The first-order chi connectivity index (χ1) is 8.94. The molecular weight excluding hydrogens is 248 g/mol. The summed E-state index contributed by atoms with van der Waals surface area (Å²) >= 11 is 0. The summed E-state index contributed by atoms with van der Waals surface area (Å²) in [5, 5.41) is 2.89. The van der Waals surface area contributed by atoms with Gasteiger partial charge in [-0.25, -0.2) is 14.3 Å². The van der Waals surface area contributed by atoms with Crippen molar-refractivity contribution in [2.75, 3.05) is 20.2 Å². The quantitative estimate of drug-likeness (QED) is 0.846. The standard InChI is InChI=1S/C12H18N4O3/c1-12(2)14-10(17)8-15(12)6-4-9-13-5-7-16(9)11(18)19-3/h5,7H,4,6,8H2,1-3H3,(H,14,17). The summed E-state index contributed by atoms with van der Waals surface area (Å²) in [4.78, 5) is 29.1. The van der Waals surface area contributed by atoms with Crippen molar-refractivity contribution in [2.45, 2.75) is 25.9 Å². The fourth-order valence-corrected chi connectivity index (χ4v) is 2.21. The van der Waals surface area contributed by atoms with Crippen molar-refractivity contribution in [3.63, 3.8) is 0 Å². The number of carbonyl (C=O) groups excluding carboxylic acids is 2. The van der Waals surface area contributed by atoms with Crippen LogP contribution in [0.3, 0.4) is 0 Å². The van der Waals surface area contributed by atoms with E-state index in [1.807, 2.05) is 18.7 Å². The minimum atomic E-state index is -0.456. The fraction of sp³-hybridized carbons (Fsp3) is 0.583. The topological polar surface area (TPSA) is 76.5 Å². The Kier molecular flexibility index (Phi) is 3.57. The number of aromatic nitrogens is 2. The molecule has 104 valence electrons. The minimum absolute atomic E-state index is 0.0151. The molecule has 1 fully saturated rings. The number of ether oxygens (including phenoxy) is 1. The van der Waals surface area contributed by atoms with Gasteiger partial charge in [-0.05, 0) is 13.8 Å². The number of methoxy groups -OCH3 is 1. The molecule has 1 aliphatic heterocycles. The highest BCUT2D eigenvalue weighted by Gasteiger charge is 2.36. The van der Waals surface area contributed by atoms with E-state index in [-0.39, 0.29) is 11.6 Å². The van der Waals surface area contributed by atoms with Crippen LogP contribution in [0, 0.1) is 0 Å². The van der Waals surface area contributed by atoms with Crippen LogP contribution in [0.25, 0.3) is 0 Å². The Morgan fingerprint density at radius 2 is 2.32 bits per heavy atom. The fourth-order valence-electron chi connectivity index (χ4n) is 2.21. The zero-order valence-electron chi connectivity index (χ0n) is 11.3. The van der Waals surface area contributed by atoms with Gasteiger partial charge in [0.2, 0.25) is 5.91 Å². The third-order valence-electron chi connectivity index (χ3n) is 3.26. The molecule has 0 aliphatic carbocycles. The lowest BCUT2D eigenvalue weighted by atomic mass is 10.2. The predicted octanol–water partition coefficient (Wildman–Crippen LogP) is 0.208. The average molecular weight is 266 g/mol. The van der Waals surface area contributed by atoms with Gasteiger partial charge < -0.3 is 10.1 Å². The second-order valence-electron chi connectivity index (χ2n) is 4.96. The van der Waals surface area contributed by atoms with E-state index in [4.69, 9.17) is 0 Å². The highest BCUT2D eigenvalue weighted by Crippen LogP contribution is 2.16. The predicted molar refractivity (Wildman–Crippen MR) is 67.5 cm³/mol. The molecule has 1 aromatic heterocycles. The molecule has 1 aliphatic rings. The third kappa shape index (κ3) is 2.76. The maximum Gasteiger partial charge on any atom is 0.419 e. The van der Waals surface area contributed by atoms with Crippen molar-refractivity contribution >= 4 is 12.0 Å². The number of amides is 1. The van der Waals surface area contributed by atoms with Crippen LogP contribution in [0.5, 0.6) is 0 Å². The van der Waals surface area contributed by atoms with E-state index in [9.17, 15) is 9.59 Å². The summed E-state index contributed by atoms with van der Waals surface area (Å²) < 4.78 is 6.04. The summed E-state index contributed by atoms with van der Waals surface area (Å²) in [6.45, 7) is 4.90. The molecule has 1 saturated heterocycles.